The minimum Gasteiger partial charge on any atom is -0.465 e. The Kier molecular flexibility index (Phi) is 5.87. The van der Waals surface area contributed by atoms with E-state index in [2.05, 4.69) is 20.3 Å². The summed E-state index contributed by atoms with van der Waals surface area (Å²) in [5.74, 6) is 1.08. The molecule has 3 rings (SSSR count). The first-order valence-corrected chi connectivity index (χ1v) is 9.18. The highest BCUT2D eigenvalue weighted by Gasteiger charge is 2.13. The van der Waals surface area contributed by atoms with Gasteiger partial charge in [-0.3, -0.25) is 0 Å². The van der Waals surface area contributed by atoms with Crippen LogP contribution in [-0.4, -0.2) is 28.0 Å². The normalized spacial score (nSPS) is 10.4. The number of anilines is 3. The molecule has 0 aliphatic rings. The van der Waals surface area contributed by atoms with E-state index in [4.69, 9.17) is 10.5 Å². The molecule has 1 heterocycles. The third-order valence-corrected chi connectivity index (χ3v) is 4.73. The van der Waals surface area contributed by atoms with Crippen molar-refractivity contribution in [2.75, 3.05) is 18.2 Å². The molecule has 0 radical (unpaired) electrons. The highest BCUT2D eigenvalue weighted by Crippen LogP contribution is 2.26. The molecule has 3 N–H and O–H groups in total. The fourth-order valence-electron chi connectivity index (χ4n) is 2.34. The second kappa shape index (κ2) is 8.50. The molecule has 0 atom stereocenters. The van der Waals surface area contributed by atoms with Crippen molar-refractivity contribution >= 4 is 35.3 Å². The number of aryl methyl sites for hydroxylation is 1. The second-order valence-electron chi connectivity index (χ2n) is 5.70. The van der Waals surface area contributed by atoms with Gasteiger partial charge in [-0.15, -0.1) is 11.8 Å². The van der Waals surface area contributed by atoms with Crippen LogP contribution < -0.4 is 11.1 Å². The Bertz CT molecular complexity index is 947. The summed E-state index contributed by atoms with van der Waals surface area (Å²) in [4.78, 5) is 25.4. The Morgan fingerprint density at radius 3 is 2.59 bits per heavy atom. The van der Waals surface area contributed by atoms with Gasteiger partial charge in [-0.05, 0) is 31.2 Å². The summed E-state index contributed by atoms with van der Waals surface area (Å²) in [5.41, 5.74) is 8.35. The van der Waals surface area contributed by atoms with Crippen molar-refractivity contribution in [2.24, 2.45) is 0 Å². The molecule has 138 valence electrons. The van der Waals surface area contributed by atoms with Gasteiger partial charge in [-0.2, -0.15) is 15.0 Å². The number of nitrogens with one attached hydrogen (secondary N) is 1. The van der Waals surface area contributed by atoms with Crippen molar-refractivity contribution in [3.63, 3.8) is 0 Å². The monoisotopic (exact) mass is 381 g/mol. The minimum absolute atomic E-state index is 0.136. The first-order valence-electron chi connectivity index (χ1n) is 8.19. The van der Waals surface area contributed by atoms with Crippen LogP contribution in [0.25, 0.3) is 0 Å². The van der Waals surface area contributed by atoms with E-state index in [1.165, 1.54) is 18.9 Å². The van der Waals surface area contributed by atoms with E-state index in [1.807, 2.05) is 43.3 Å². The lowest BCUT2D eigenvalue weighted by Gasteiger charge is -2.09. The number of thioether (sulfide) groups is 1. The fourth-order valence-corrected chi connectivity index (χ4v) is 3.23. The Morgan fingerprint density at radius 2 is 1.85 bits per heavy atom. The van der Waals surface area contributed by atoms with Crippen LogP contribution in [0, 0.1) is 6.92 Å². The third kappa shape index (κ3) is 4.95. The SMILES string of the molecule is COC(=O)c1ccccc1SCc1nc(N)nc(Nc2ccc(C)cc2)n1. The number of nitrogen functional groups attached to an aromatic ring is 1. The largest absolute Gasteiger partial charge is 0.465 e. The average Bonchev–Trinajstić information content (AvgIpc) is 2.67. The van der Waals surface area contributed by atoms with E-state index in [0.717, 1.165) is 16.1 Å². The molecule has 0 saturated carbocycles. The summed E-state index contributed by atoms with van der Waals surface area (Å²) in [6.45, 7) is 2.02. The number of ether oxygens (including phenoxy) is 1. The number of nitrogens with zero attached hydrogens (tertiary/aromatic N) is 3. The van der Waals surface area contributed by atoms with Crippen molar-refractivity contribution in [2.45, 2.75) is 17.6 Å². The van der Waals surface area contributed by atoms with Crippen LogP contribution in [0.15, 0.2) is 53.4 Å². The highest BCUT2D eigenvalue weighted by molar-refractivity contribution is 7.98. The summed E-state index contributed by atoms with van der Waals surface area (Å²) in [6.07, 6.45) is 0. The molecular weight excluding hydrogens is 362 g/mol. The predicted octanol–water partition coefficient (Wildman–Crippen LogP) is 3.58. The summed E-state index contributed by atoms with van der Waals surface area (Å²) in [7, 11) is 1.36. The van der Waals surface area contributed by atoms with E-state index >= 15 is 0 Å². The number of hydrogen-bond donors (Lipinski definition) is 2. The number of carbonyl (C=O) groups is 1. The highest BCUT2D eigenvalue weighted by atomic mass is 32.2. The van der Waals surface area contributed by atoms with Gasteiger partial charge in [0, 0.05) is 10.6 Å². The van der Waals surface area contributed by atoms with Crippen molar-refractivity contribution in [3.05, 3.63) is 65.5 Å². The van der Waals surface area contributed by atoms with Crippen LogP contribution in [0.1, 0.15) is 21.7 Å². The minimum atomic E-state index is -0.380. The standard InChI is InChI=1S/C19H19N5O2S/c1-12-7-9-13(10-8-12)21-19-23-16(22-18(20)24-19)11-27-15-6-4-3-5-14(15)17(25)26-2/h3-10H,11H2,1-2H3,(H3,20,21,22,23,24). The van der Waals surface area contributed by atoms with Gasteiger partial charge in [0.1, 0.15) is 5.82 Å². The Hall–Kier alpha value is -3.13. The molecule has 0 aliphatic carbocycles. The Labute approximate surface area is 161 Å². The third-order valence-electron chi connectivity index (χ3n) is 3.66. The Morgan fingerprint density at radius 1 is 1.11 bits per heavy atom. The zero-order valence-corrected chi connectivity index (χ0v) is 15.8. The van der Waals surface area contributed by atoms with E-state index in [1.54, 1.807) is 12.1 Å². The van der Waals surface area contributed by atoms with Crippen LogP contribution in [0.4, 0.5) is 17.6 Å². The summed E-state index contributed by atoms with van der Waals surface area (Å²) < 4.78 is 4.82. The van der Waals surface area contributed by atoms with Crippen molar-refractivity contribution < 1.29 is 9.53 Å². The quantitative estimate of drug-likeness (QED) is 0.493. The topological polar surface area (TPSA) is 103 Å². The number of aromatic nitrogens is 3. The molecule has 0 aliphatic heterocycles. The number of rotatable bonds is 6. The number of hydrogen-bond acceptors (Lipinski definition) is 8. The molecule has 0 spiro atoms. The van der Waals surface area contributed by atoms with Gasteiger partial charge in [0.05, 0.1) is 18.4 Å². The molecule has 0 amide bonds. The van der Waals surface area contributed by atoms with Gasteiger partial charge < -0.3 is 15.8 Å². The zero-order chi connectivity index (χ0) is 19.2. The molecule has 0 bridgehead atoms. The van der Waals surface area contributed by atoms with E-state index in [-0.39, 0.29) is 11.9 Å². The maximum absolute atomic E-state index is 11.9. The lowest BCUT2D eigenvalue weighted by Crippen LogP contribution is -2.07. The molecule has 2 aromatic carbocycles. The van der Waals surface area contributed by atoms with Crippen LogP contribution in [0.5, 0.6) is 0 Å². The molecule has 7 nitrogen and oxygen atoms in total. The number of nitrogens with two attached hydrogens (primary N) is 1. The Balaban J connectivity index is 1.75. The van der Waals surface area contributed by atoms with Crippen LogP contribution in [-0.2, 0) is 10.5 Å². The number of esters is 1. The van der Waals surface area contributed by atoms with Gasteiger partial charge in [-0.1, -0.05) is 29.8 Å². The predicted molar refractivity (Wildman–Crippen MR) is 106 cm³/mol. The second-order valence-corrected chi connectivity index (χ2v) is 6.72. The van der Waals surface area contributed by atoms with Gasteiger partial charge in [0.2, 0.25) is 11.9 Å². The van der Waals surface area contributed by atoms with Crippen LogP contribution in [0.2, 0.25) is 0 Å². The molecule has 3 aromatic rings. The molecular formula is C19H19N5O2S. The number of methoxy groups -OCH3 is 1. The molecule has 0 saturated heterocycles. The first kappa shape index (κ1) is 18.7. The zero-order valence-electron chi connectivity index (χ0n) is 15.0. The fraction of sp³-hybridized carbons (Fsp3) is 0.158. The van der Waals surface area contributed by atoms with E-state index in [0.29, 0.717) is 23.1 Å². The molecule has 1 aromatic heterocycles. The van der Waals surface area contributed by atoms with Gasteiger partial charge in [-0.25, -0.2) is 4.79 Å². The lowest BCUT2D eigenvalue weighted by molar-refractivity contribution is 0.0597. The van der Waals surface area contributed by atoms with E-state index < -0.39 is 0 Å². The van der Waals surface area contributed by atoms with Gasteiger partial charge >= 0.3 is 5.97 Å². The van der Waals surface area contributed by atoms with Crippen molar-refractivity contribution in [1.82, 2.24) is 15.0 Å². The van der Waals surface area contributed by atoms with Crippen LogP contribution in [0.3, 0.4) is 0 Å². The van der Waals surface area contributed by atoms with E-state index in [9.17, 15) is 4.79 Å². The maximum Gasteiger partial charge on any atom is 0.338 e. The van der Waals surface area contributed by atoms with Crippen molar-refractivity contribution in [3.8, 4) is 0 Å². The summed E-state index contributed by atoms with van der Waals surface area (Å²) in [6, 6.07) is 15.1. The summed E-state index contributed by atoms with van der Waals surface area (Å²) >= 11 is 1.43. The molecule has 8 heteroatoms. The summed E-state index contributed by atoms with van der Waals surface area (Å²) in [5, 5.41) is 3.12. The number of benzene rings is 2. The smallest absolute Gasteiger partial charge is 0.338 e. The number of carbonyl (C=O) groups excluding carboxylic acids is 1. The van der Waals surface area contributed by atoms with Gasteiger partial charge in [0.25, 0.3) is 0 Å². The van der Waals surface area contributed by atoms with Crippen LogP contribution >= 0.6 is 11.8 Å². The molecule has 0 unspecified atom stereocenters. The first-order chi connectivity index (χ1) is 13.0. The van der Waals surface area contributed by atoms with Gasteiger partial charge in [0.15, 0.2) is 0 Å². The van der Waals surface area contributed by atoms with Crippen molar-refractivity contribution in [1.29, 1.82) is 0 Å². The molecule has 0 fully saturated rings. The lowest BCUT2D eigenvalue weighted by atomic mass is 10.2. The average molecular weight is 381 g/mol. The molecule has 27 heavy (non-hydrogen) atoms. The maximum atomic E-state index is 11.9.